The van der Waals surface area contributed by atoms with Crippen molar-refractivity contribution in [1.82, 2.24) is 0 Å². The van der Waals surface area contributed by atoms with E-state index in [4.69, 9.17) is 0 Å². The van der Waals surface area contributed by atoms with E-state index in [9.17, 15) is 27.2 Å². The number of carbonyl (C=O) groups excluding carboxylic acids is 2. The number of hydrogen-bond donors (Lipinski definition) is 0. The highest BCUT2D eigenvalue weighted by atomic mass is 19.4. The SMILES string of the molecule is O=Cc1cccc(C(F)(F)F)c1.O=Cc1cccc(CF)c1. The summed E-state index contributed by atoms with van der Waals surface area (Å²) in [5, 5.41) is 0. The minimum atomic E-state index is -4.38. The van der Waals surface area contributed by atoms with Crippen LogP contribution in [0.3, 0.4) is 0 Å². The normalized spacial score (nSPS) is 10.4. The summed E-state index contributed by atoms with van der Waals surface area (Å²) in [5.41, 5.74) is 0.302. The first-order valence-corrected chi connectivity index (χ1v) is 6.13. The second-order valence-corrected chi connectivity index (χ2v) is 4.24. The Bertz CT molecular complexity index is 636. The summed E-state index contributed by atoms with van der Waals surface area (Å²) in [5.74, 6) is 0. The maximum Gasteiger partial charge on any atom is 0.416 e. The maximum atomic E-state index is 12.0. The number of benzene rings is 2. The van der Waals surface area contributed by atoms with Crippen molar-refractivity contribution in [2.45, 2.75) is 12.9 Å². The van der Waals surface area contributed by atoms with Crippen LogP contribution < -0.4 is 0 Å². The van der Waals surface area contributed by atoms with Gasteiger partial charge in [0.15, 0.2) is 0 Å². The molecule has 0 spiro atoms. The maximum absolute atomic E-state index is 12.0. The molecule has 2 aromatic carbocycles. The molecule has 0 heterocycles. The van der Waals surface area contributed by atoms with Gasteiger partial charge in [-0.2, -0.15) is 13.2 Å². The molecular formula is C16H12F4O2. The number of halogens is 4. The average Bonchev–Trinajstić information content (AvgIpc) is 2.54. The van der Waals surface area contributed by atoms with Crippen LogP contribution in [0.5, 0.6) is 0 Å². The Labute approximate surface area is 124 Å². The summed E-state index contributed by atoms with van der Waals surface area (Å²) in [6.45, 7) is -0.512. The molecule has 0 unspecified atom stereocenters. The van der Waals surface area contributed by atoms with Gasteiger partial charge in [-0.3, -0.25) is 9.59 Å². The van der Waals surface area contributed by atoms with Crippen molar-refractivity contribution in [3.63, 3.8) is 0 Å². The van der Waals surface area contributed by atoms with E-state index >= 15 is 0 Å². The second-order valence-electron chi connectivity index (χ2n) is 4.24. The first-order chi connectivity index (χ1) is 10.4. The molecule has 0 fully saturated rings. The standard InChI is InChI=1S/C8H5F3O.C8H7FO/c9-8(10,11)7-3-1-2-6(4-7)5-12;9-5-7-2-1-3-8(4-7)6-10/h1-5H;1-4,6H,5H2. The van der Waals surface area contributed by atoms with Gasteiger partial charge in [0.05, 0.1) is 5.56 Å². The first-order valence-electron chi connectivity index (χ1n) is 6.13. The molecule has 0 N–H and O–H groups in total. The van der Waals surface area contributed by atoms with Crippen molar-refractivity contribution >= 4 is 12.6 Å². The molecule has 22 heavy (non-hydrogen) atoms. The van der Waals surface area contributed by atoms with Crippen molar-refractivity contribution in [3.05, 3.63) is 70.8 Å². The van der Waals surface area contributed by atoms with Gasteiger partial charge in [0.2, 0.25) is 0 Å². The van der Waals surface area contributed by atoms with Crippen molar-refractivity contribution in [1.29, 1.82) is 0 Å². The topological polar surface area (TPSA) is 34.1 Å². The van der Waals surface area contributed by atoms with Crippen LogP contribution in [0.1, 0.15) is 31.8 Å². The summed E-state index contributed by atoms with van der Waals surface area (Å²) < 4.78 is 47.9. The van der Waals surface area contributed by atoms with Gasteiger partial charge < -0.3 is 0 Å². The fourth-order valence-corrected chi connectivity index (χ4v) is 1.54. The smallest absolute Gasteiger partial charge is 0.298 e. The molecule has 0 amide bonds. The lowest BCUT2D eigenvalue weighted by Gasteiger charge is -2.05. The summed E-state index contributed by atoms with van der Waals surface area (Å²) in [4.78, 5) is 20.3. The van der Waals surface area contributed by atoms with Gasteiger partial charge in [0.1, 0.15) is 19.2 Å². The van der Waals surface area contributed by atoms with Crippen molar-refractivity contribution in [2.75, 3.05) is 0 Å². The number of alkyl halides is 4. The Morgan fingerprint density at radius 1 is 0.864 bits per heavy atom. The molecular weight excluding hydrogens is 300 g/mol. The van der Waals surface area contributed by atoms with E-state index in [-0.39, 0.29) is 5.56 Å². The Kier molecular flexibility index (Phi) is 6.44. The van der Waals surface area contributed by atoms with Crippen LogP contribution in [0, 0.1) is 0 Å². The van der Waals surface area contributed by atoms with Gasteiger partial charge in [-0.05, 0) is 23.8 Å². The molecule has 0 aliphatic rings. The van der Waals surface area contributed by atoms with Crippen LogP contribution in [0.4, 0.5) is 17.6 Å². The molecule has 2 nitrogen and oxygen atoms in total. The van der Waals surface area contributed by atoms with Gasteiger partial charge >= 0.3 is 6.18 Å². The fourth-order valence-electron chi connectivity index (χ4n) is 1.54. The Morgan fingerprint density at radius 3 is 1.91 bits per heavy atom. The zero-order valence-electron chi connectivity index (χ0n) is 11.3. The molecule has 0 saturated carbocycles. The van der Waals surface area contributed by atoms with Gasteiger partial charge in [0, 0.05) is 11.1 Å². The Morgan fingerprint density at radius 2 is 1.41 bits per heavy atom. The van der Waals surface area contributed by atoms with E-state index in [1.165, 1.54) is 18.2 Å². The fraction of sp³-hybridized carbons (Fsp3) is 0.125. The van der Waals surface area contributed by atoms with E-state index in [0.29, 0.717) is 23.7 Å². The summed E-state index contributed by atoms with van der Waals surface area (Å²) in [6.07, 6.45) is -3.28. The predicted octanol–water partition coefficient (Wildman–Crippen LogP) is 4.49. The summed E-state index contributed by atoms with van der Waals surface area (Å²) in [7, 11) is 0. The molecule has 0 saturated heterocycles. The Hall–Kier alpha value is -2.50. The lowest BCUT2D eigenvalue weighted by molar-refractivity contribution is -0.137. The zero-order valence-corrected chi connectivity index (χ0v) is 11.3. The van der Waals surface area contributed by atoms with Gasteiger partial charge in [-0.25, -0.2) is 4.39 Å². The van der Waals surface area contributed by atoms with Crippen molar-refractivity contribution in [3.8, 4) is 0 Å². The van der Waals surface area contributed by atoms with E-state index in [2.05, 4.69) is 0 Å². The van der Waals surface area contributed by atoms with Crippen molar-refractivity contribution in [2.24, 2.45) is 0 Å². The minimum Gasteiger partial charge on any atom is -0.298 e. The molecule has 2 aromatic rings. The molecule has 2 rings (SSSR count). The third-order valence-corrected chi connectivity index (χ3v) is 2.59. The van der Waals surface area contributed by atoms with Crippen LogP contribution in [-0.4, -0.2) is 12.6 Å². The number of aldehydes is 2. The highest BCUT2D eigenvalue weighted by Crippen LogP contribution is 2.29. The highest BCUT2D eigenvalue weighted by molar-refractivity contribution is 5.75. The third-order valence-electron chi connectivity index (χ3n) is 2.59. The molecule has 6 heteroatoms. The van der Waals surface area contributed by atoms with Crippen LogP contribution >= 0.6 is 0 Å². The second kappa shape index (κ2) is 8.07. The first kappa shape index (κ1) is 17.6. The molecule has 0 aliphatic carbocycles. The minimum absolute atomic E-state index is 0.0322. The summed E-state index contributed by atoms with van der Waals surface area (Å²) >= 11 is 0. The monoisotopic (exact) mass is 312 g/mol. The lowest BCUT2D eigenvalue weighted by atomic mass is 10.1. The molecule has 0 aromatic heterocycles. The molecule has 0 aliphatic heterocycles. The summed E-state index contributed by atoms with van der Waals surface area (Å²) in [6, 6.07) is 10.7. The number of hydrogen-bond acceptors (Lipinski definition) is 2. The van der Waals surface area contributed by atoms with Crippen LogP contribution in [0.25, 0.3) is 0 Å². The molecule has 116 valence electrons. The largest absolute Gasteiger partial charge is 0.416 e. The van der Waals surface area contributed by atoms with Gasteiger partial charge in [0.25, 0.3) is 0 Å². The molecule has 0 bridgehead atoms. The van der Waals surface area contributed by atoms with E-state index in [1.54, 1.807) is 18.2 Å². The number of carbonyl (C=O) groups is 2. The van der Waals surface area contributed by atoms with Gasteiger partial charge in [-0.1, -0.05) is 30.3 Å². The third kappa shape index (κ3) is 5.47. The highest BCUT2D eigenvalue weighted by Gasteiger charge is 2.30. The van der Waals surface area contributed by atoms with E-state index in [0.717, 1.165) is 12.1 Å². The van der Waals surface area contributed by atoms with Crippen LogP contribution in [-0.2, 0) is 12.9 Å². The van der Waals surface area contributed by atoms with E-state index in [1.807, 2.05) is 0 Å². The average molecular weight is 312 g/mol. The lowest BCUT2D eigenvalue weighted by Crippen LogP contribution is -2.04. The molecule has 0 atom stereocenters. The zero-order chi connectivity index (χ0) is 16.6. The van der Waals surface area contributed by atoms with Crippen molar-refractivity contribution < 1.29 is 27.2 Å². The predicted molar refractivity (Wildman–Crippen MR) is 73.5 cm³/mol. The van der Waals surface area contributed by atoms with Gasteiger partial charge in [-0.15, -0.1) is 0 Å². The van der Waals surface area contributed by atoms with Crippen LogP contribution in [0.15, 0.2) is 48.5 Å². The Balaban J connectivity index is 0.000000224. The number of rotatable bonds is 3. The van der Waals surface area contributed by atoms with Crippen LogP contribution in [0.2, 0.25) is 0 Å². The van der Waals surface area contributed by atoms with E-state index < -0.39 is 18.4 Å². The molecule has 0 radical (unpaired) electrons. The quantitative estimate of drug-likeness (QED) is 0.618.